The molecule has 0 radical (unpaired) electrons. The number of amides is 1. The average Bonchev–Trinajstić information content (AvgIpc) is 3.29. The highest BCUT2D eigenvalue weighted by atomic mass is 16.5. The van der Waals surface area contributed by atoms with Crippen LogP contribution in [0.5, 0.6) is 0 Å². The van der Waals surface area contributed by atoms with Gasteiger partial charge >= 0.3 is 5.97 Å². The SMILES string of the molecule is CCCCC/C=C\C/C=C\C/C=C\C/C=C\CCCC(CC(=O)NC(CO)C(O)CCCCCCCCCCCCCCCCCCC)OC(=O)CCCCCCCCCCCCC. The van der Waals surface area contributed by atoms with E-state index in [-0.39, 0.29) is 24.9 Å². The maximum absolute atomic E-state index is 13.2. The van der Waals surface area contributed by atoms with Crippen LogP contribution in [-0.4, -0.2) is 46.9 Å². The van der Waals surface area contributed by atoms with Crippen molar-refractivity contribution in [1.82, 2.24) is 5.32 Å². The molecule has 0 aliphatic rings. The van der Waals surface area contributed by atoms with Gasteiger partial charge in [0.1, 0.15) is 6.10 Å². The molecule has 3 atom stereocenters. The first-order valence-corrected chi connectivity index (χ1v) is 27.9. The first-order chi connectivity index (χ1) is 31.5. The molecule has 0 aromatic rings. The number of carbonyl (C=O) groups excluding carboxylic acids is 2. The fourth-order valence-corrected chi connectivity index (χ4v) is 8.42. The van der Waals surface area contributed by atoms with Gasteiger partial charge in [0.15, 0.2) is 0 Å². The minimum atomic E-state index is -0.801. The summed E-state index contributed by atoms with van der Waals surface area (Å²) in [6, 6.07) is -0.718. The van der Waals surface area contributed by atoms with Crippen LogP contribution in [0.3, 0.4) is 0 Å². The van der Waals surface area contributed by atoms with Crippen molar-refractivity contribution in [2.45, 2.75) is 302 Å². The standard InChI is InChI=1S/C58H107NO5/c1-4-7-10-13-16-19-22-24-26-28-30-32-35-37-40-43-46-49-54(64-58(63)51-48-45-42-39-34-21-18-15-12-9-6-3)52-57(62)59-55(53-60)56(61)50-47-44-41-38-36-33-31-29-27-25-23-20-17-14-11-8-5-2/h16,19,24,26,30,32,37,40,54-56,60-61H,4-15,17-18,20-23,25,27-29,31,33-36,38-39,41-53H2,1-3H3,(H,59,62)/b19-16-,26-24-,32-30-,40-37-. The number of aliphatic hydroxyl groups is 2. The number of carbonyl (C=O) groups is 2. The van der Waals surface area contributed by atoms with Gasteiger partial charge in [0.25, 0.3) is 0 Å². The predicted molar refractivity (Wildman–Crippen MR) is 278 cm³/mol. The zero-order valence-corrected chi connectivity index (χ0v) is 42.7. The Morgan fingerprint density at radius 2 is 0.812 bits per heavy atom. The Morgan fingerprint density at radius 1 is 0.453 bits per heavy atom. The molecule has 0 aromatic carbocycles. The summed E-state index contributed by atoms with van der Waals surface area (Å²) >= 11 is 0. The smallest absolute Gasteiger partial charge is 0.306 e. The molecule has 1 amide bonds. The Hall–Kier alpha value is -2.18. The Kier molecular flexibility index (Phi) is 50.0. The van der Waals surface area contributed by atoms with Crippen LogP contribution in [0, 0.1) is 0 Å². The van der Waals surface area contributed by atoms with Gasteiger partial charge in [-0.3, -0.25) is 9.59 Å². The molecule has 0 saturated heterocycles. The van der Waals surface area contributed by atoms with Crippen LogP contribution < -0.4 is 5.32 Å². The minimum Gasteiger partial charge on any atom is -0.462 e. The second-order valence-electron chi connectivity index (χ2n) is 19.0. The van der Waals surface area contributed by atoms with Crippen LogP contribution in [0.15, 0.2) is 48.6 Å². The zero-order valence-electron chi connectivity index (χ0n) is 42.7. The maximum atomic E-state index is 13.2. The number of rotatable bonds is 50. The Balaban J connectivity index is 4.59. The summed E-state index contributed by atoms with van der Waals surface area (Å²) in [6.45, 7) is 6.46. The van der Waals surface area contributed by atoms with Crippen molar-refractivity contribution in [3.63, 3.8) is 0 Å². The van der Waals surface area contributed by atoms with Crippen LogP contribution in [-0.2, 0) is 14.3 Å². The first kappa shape index (κ1) is 61.8. The lowest BCUT2D eigenvalue weighted by atomic mass is 10.0. The van der Waals surface area contributed by atoms with Gasteiger partial charge in [-0.25, -0.2) is 0 Å². The third-order valence-corrected chi connectivity index (χ3v) is 12.7. The van der Waals surface area contributed by atoms with Gasteiger partial charge in [0.05, 0.1) is 25.2 Å². The third-order valence-electron chi connectivity index (χ3n) is 12.7. The number of hydrogen-bond donors (Lipinski definition) is 3. The highest BCUT2D eigenvalue weighted by Crippen LogP contribution is 2.18. The summed E-state index contributed by atoms with van der Waals surface area (Å²) in [5.41, 5.74) is 0. The lowest BCUT2D eigenvalue weighted by molar-refractivity contribution is -0.151. The number of nitrogens with one attached hydrogen (secondary N) is 1. The average molecular weight is 898 g/mol. The molecule has 64 heavy (non-hydrogen) atoms. The number of hydrogen-bond acceptors (Lipinski definition) is 5. The monoisotopic (exact) mass is 898 g/mol. The first-order valence-electron chi connectivity index (χ1n) is 27.9. The number of allylic oxidation sites excluding steroid dienone is 8. The van der Waals surface area contributed by atoms with Crippen LogP contribution in [0.25, 0.3) is 0 Å². The Labute approximate surface area is 397 Å². The molecule has 0 rings (SSSR count). The second kappa shape index (κ2) is 51.8. The van der Waals surface area contributed by atoms with E-state index >= 15 is 0 Å². The molecule has 0 aliphatic heterocycles. The van der Waals surface area contributed by atoms with Gasteiger partial charge < -0.3 is 20.3 Å². The number of esters is 1. The third kappa shape index (κ3) is 46.4. The number of aliphatic hydroxyl groups excluding tert-OH is 2. The molecule has 0 aliphatic carbocycles. The molecule has 0 aromatic heterocycles. The largest absolute Gasteiger partial charge is 0.462 e. The molecule has 3 N–H and O–H groups in total. The van der Waals surface area contributed by atoms with E-state index in [4.69, 9.17) is 4.74 Å². The van der Waals surface area contributed by atoms with Crippen LogP contribution in [0.4, 0.5) is 0 Å². The van der Waals surface area contributed by atoms with Crippen LogP contribution in [0.1, 0.15) is 284 Å². The molecular formula is C58H107NO5. The van der Waals surface area contributed by atoms with E-state index in [0.717, 1.165) is 70.6 Å². The molecule has 3 unspecified atom stereocenters. The number of unbranched alkanes of at least 4 members (excludes halogenated alkanes) is 30. The van der Waals surface area contributed by atoms with E-state index in [1.165, 1.54) is 167 Å². The van der Waals surface area contributed by atoms with E-state index < -0.39 is 18.2 Å². The zero-order chi connectivity index (χ0) is 46.7. The second-order valence-corrected chi connectivity index (χ2v) is 19.0. The molecule has 0 saturated carbocycles. The highest BCUT2D eigenvalue weighted by Gasteiger charge is 2.24. The van der Waals surface area contributed by atoms with Gasteiger partial charge in [-0.2, -0.15) is 0 Å². The van der Waals surface area contributed by atoms with Gasteiger partial charge in [0.2, 0.25) is 5.91 Å². The molecular weight excluding hydrogens is 791 g/mol. The van der Waals surface area contributed by atoms with E-state index in [1.54, 1.807) is 0 Å². The lowest BCUT2D eigenvalue weighted by Crippen LogP contribution is -2.46. The van der Waals surface area contributed by atoms with E-state index in [9.17, 15) is 19.8 Å². The van der Waals surface area contributed by atoms with Gasteiger partial charge in [-0.05, 0) is 64.2 Å². The van der Waals surface area contributed by atoms with E-state index in [1.807, 2.05) is 0 Å². The normalized spacial score (nSPS) is 13.5. The summed E-state index contributed by atoms with van der Waals surface area (Å²) in [5, 5.41) is 23.8. The van der Waals surface area contributed by atoms with Crippen molar-refractivity contribution in [2.24, 2.45) is 0 Å². The van der Waals surface area contributed by atoms with Crippen molar-refractivity contribution < 1.29 is 24.5 Å². The van der Waals surface area contributed by atoms with E-state index in [2.05, 4.69) is 74.7 Å². The van der Waals surface area contributed by atoms with Crippen LogP contribution in [0.2, 0.25) is 0 Å². The molecule has 0 heterocycles. The van der Waals surface area contributed by atoms with Crippen molar-refractivity contribution >= 4 is 11.9 Å². The fraction of sp³-hybridized carbons (Fsp3) is 0.828. The van der Waals surface area contributed by atoms with Crippen molar-refractivity contribution in [1.29, 1.82) is 0 Å². The summed E-state index contributed by atoms with van der Waals surface area (Å²) in [5.74, 6) is -0.519. The van der Waals surface area contributed by atoms with Gasteiger partial charge in [-0.15, -0.1) is 0 Å². The van der Waals surface area contributed by atoms with Crippen molar-refractivity contribution in [2.75, 3.05) is 6.61 Å². The van der Waals surface area contributed by atoms with Crippen molar-refractivity contribution in [3.8, 4) is 0 Å². The quantitative estimate of drug-likeness (QED) is 0.0321. The fourth-order valence-electron chi connectivity index (χ4n) is 8.42. The van der Waals surface area contributed by atoms with Crippen LogP contribution >= 0.6 is 0 Å². The predicted octanol–water partition coefficient (Wildman–Crippen LogP) is 17.0. The molecule has 374 valence electrons. The Morgan fingerprint density at radius 3 is 1.23 bits per heavy atom. The Bertz CT molecular complexity index is 1100. The number of ether oxygens (including phenoxy) is 1. The minimum absolute atomic E-state index is 0.0426. The summed E-state index contributed by atoms with van der Waals surface area (Å²) in [6.07, 6.45) is 63.2. The molecule has 6 nitrogen and oxygen atoms in total. The summed E-state index contributed by atoms with van der Waals surface area (Å²) in [7, 11) is 0. The molecule has 6 heteroatoms. The topological polar surface area (TPSA) is 95.9 Å². The van der Waals surface area contributed by atoms with Gasteiger partial charge in [0, 0.05) is 6.42 Å². The molecule has 0 bridgehead atoms. The van der Waals surface area contributed by atoms with Crippen molar-refractivity contribution in [3.05, 3.63) is 48.6 Å². The summed E-state index contributed by atoms with van der Waals surface area (Å²) in [4.78, 5) is 26.2. The van der Waals surface area contributed by atoms with E-state index in [0.29, 0.717) is 19.3 Å². The summed E-state index contributed by atoms with van der Waals surface area (Å²) < 4.78 is 5.91. The molecule has 0 fully saturated rings. The molecule has 0 spiro atoms. The highest BCUT2D eigenvalue weighted by molar-refractivity contribution is 5.77. The van der Waals surface area contributed by atoms with Gasteiger partial charge in [-0.1, -0.05) is 256 Å². The lowest BCUT2D eigenvalue weighted by Gasteiger charge is -2.24. The maximum Gasteiger partial charge on any atom is 0.306 e.